The van der Waals surface area contributed by atoms with Crippen molar-refractivity contribution in [3.8, 4) is 0 Å². The van der Waals surface area contributed by atoms with Crippen molar-refractivity contribution in [1.29, 1.82) is 0 Å². The van der Waals surface area contributed by atoms with Crippen LogP contribution < -0.4 is 0 Å². The number of hydrogen-bond acceptors (Lipinski definition) is 6. The Morgan fingerprint density at radius 3 is 2.60 bits per heavy atom. The van der Waals surface area contributed by atoms with E-state index in [1.165, 1.54) is 0 Å². The third-order valence-electron chi connectivity index (χ3n) is 2.08. The molecule has 3 N–H and O–H groups in total. The van der Waals surface area contributed by atoms with E-state index in [-0.39, 0.29) is 5.57 Å². The van der Waals surface area contributed by atoms with Gasteiger partial charge in [-0.1, -0.05) is 0 Å². The first-order chi connectivity index (χ1) is 6.97. The normalized spacial score (nSPS) is 31.1. The van der Waals surface area contributed by atoms with Gasteiger partial charge in [0.05, 0.1) is 6.61 Å². The highest BCUT2D eigenvalue weighted by molar-refractivity contribution is 6.00. The lowest BCUT2D eigenvalue weighted by molar-refractivity contribution is -0.157. The smallest absolute Gasteiger partial charge is 0.303 e. The average molecular weight is 216 g/mol. The van der Waals surface area contributed by atoms with Crippen LogP contribution in [0.1, 0.15) is 6.92 Å². The topological polar surface area (TPSA) is 104 Å². The van der Waals surface area contributed by atoms with Crippen LogP contribution in [0.2, 0.25) is 0 Å². The van der Waals surface area contributed by atoms with Crippen molar-refractivity contribution in [3.05, 3.63) is 11.6 Å². The molecule has 15 heavy (non-hydrogen) atoms. The SMILES string of the molecule is CC(=O)OC1C=C(CO)C(=O)C(O)C1O. The molecular formula is C9H12O6. The summed E-state index contributed by atoms with van der Waals surface area (Å²) in [5, 5.41) is 27.5. The number of hydrogen-bond donors (Lipinski definition) is 3. The molecule has 1 aliphatic carbocycles. The van der Waals surface area contributed by atoms with Crippen LogP contribution in [0.15, 0.2) is 11.6 Å². The van der Waals surface area contributed by atoms with Crippen LogP contribution in [0.25, 0.3) is 0 Å². The summed E-state index contributed by atoms with van der Waals surface area (Å²) < 4.78 is 4.67. The van der Waals surface area contributed by atoms with Crippen LogP contribution >= 0.6 is 0 Å². The van der Waals surface area contributed by atoms with E-state index in [1.54, 1.807) is 0 Å². The van der Waals surface area contributed by atoms with Crippen LogP contribution in [0.3, 0.4) is 0 Å². The van der Waals surface area contributed by atoms with Gasteiger partial charge in [-0.3, -0.25) is 9.59 Å². The molecular weight excluding hydrogens is 204 g/mol. The van der Waals surface area contributed by atoms with Gasteiger partial charge in [-0.2, -0.15) is 0 Å². The molecule has 0 fully saturated rings. The van der Waals surface area contributed by atoms with E-state index in [2.05, 4.69) is 4.74 Å². The molecule has 1 aliphatic rings. The van der Waals surface area contributed by atoms with Crippen molar-refractivity contribution >= 4 is 11.8 Å². The zero-order chi connectivity index (χ0) is 11.6. The molecule has 6 heteroatoms. The molecule has 3 unspecified atom stereocenters. The van der Waals surface area contributed by atoms with Crippen molar-refractivity contribution in [2.24, 2.45) is 0 Å². The molecule has 0 amide bonds. The number of ketones is 1. The molecule has 0 heterocycles. The van der Waals surface area contributed by atoms with Crippen LogP contribution in [0.5, 0.6) is 0 Å². The molecule has 0 aromatic rings. The van der Waals surface area contributed by atoms with Crippen molar-refractivity contribution in [2.45, 2.75) is 25.2 Å². The maximum Gasteiger partial charge on any atom is 0.303 e. The molecule has 0 aromatic carbocycles. The van der Waals surface area contributed by atoms with Gasteiger partial charge < -0.3 is 20.1 Å². The van der Waals surface area contributed by atoms with Gasteiger partial charge in [0.25, 0.3) is 0 Å². The second-order valence-electron chi connectivity index (χ2n) is 3.22. The maximum atomic E-state index is 11.2. The fraction of sp³-hybridized carbons (Fsp3) is 0.556. The van der Waals surface area contributed by atoms with Gasteiger partial charge in [-0.05, 0) is 6.08 Å². The summed E-state index contributed by atoms with van der Waals surface area (Å²) in [4.78, 5) is 21.9. The first-order valence-electron chi connectivity index (χ1n) is 4.36. The summed E-state index contributed by atoms with van der Waals surface area (Å²) in [7, 11) is 0. The van der Waals surface area contributed by atoms with E-state index in [1.807, 2.05) is 0 Å². The Morgan fingerprint density at radius 1 is 1.53 bits per heavy atom. The third kappa shape index (κ3) is 2.41. The summed E-state index contributed by atoms with van der Waals surface area (Å²) in [6.45, 7) is 0.572. The lowest BCUT2D eigenvalue weighted by atomic mass is 9.91. The number of carbonyl (C=O) groups excluding carboxylic acids is 2. The minimum absolute atomic E-state index is 0.0703. The van der Waals surface area contributed by atoms with Gasteiger partial charge in [0, 0.05) is 12.5 Å². The summed E-state index contributed by atoms with van der Waals surface area (Å²) in [6.07, 6.45) is -3.11. The van der Waals surface area contributed by atoms with Crippen molar-refractivity contribution in [1.82, 2.24) is 0 Å². The van der Waals surface area contributed by atoms with Crippen molar-refractivity contribution in [3.63, 3.8) is 0 Å². The largest absolute Gasteiger partial charge is 0.455 e. The number of ether oxygens (including phenoxy) is 1. The van der Waals surface area contributed by atoms with Crippen LogP contribution in [0, 0.1) is 0 Å². The number of aliphatic hydroxyl groups is 3. The molecule has 3 atom stereocenters. The molecule has 0 spiro atoms. The lowest BCUT2D eigenvalue weighted by Gasteiger charge is -2.28. The number of carbonyl (C=O) groups is 2. The van der Waals surface area contributed by atoms with Crippen LogP contribution in [-0.2, 0) is 14.3 Å². The summed E-state index contributed by atoms with van der Waals surface area (Å²) in [6, 6.07) is 0. The zero-order valence-electron chi connectivity index (χ0n) is 8.08. The first-order valence-corrected chi connectivity index (χ1v) is 4.36. The number of esters is 1. The Bertz CT molecular complexity index is 308. The highest BCUT2D eigenvalue weighted by atomic mass is 16.6. The number of Topliss-reactive ketones (excluding diaryl/α,β-unsaturated/α-hetero) is 1. The Hall–Kier alpha value is -1.24. The monoisotopic (exact) mass is 216 g/mol. The molecule has 0 saturated heterocycles. The average Bonchev–Trinajstić information content (AvgIpc) is 2.18. The molecule has 1 rings (SSSR count). The highest BCUT2D eigenvalue weighted by Crippen LogP contribution is 2.18. The van der Waals surface area contributed by atoms with E-state index in [0.29, 0.717) is 0 Å². The molecule has 0 saturated carbocycles. The fourth-order valence-electron chi connectivity index (χ4n) is 1.33. The van der Waals surface area contributed by atoms with E-state index in [4.69, 9.17) is 5.11 Å². The molecule has 0 aromatic heterocycles. The summed E-state index contributed by atoms with van der Waals surface area (Å²) >= 11 is 0. The predicted octanol–water partition coefficient (Wildman–Crippen LogP) is -1.86. The standard InChI is InChI=1S/C9H12O6/c1-4(11)15-6-2-5(3-10)7(12)9(14)8(6)13/h2,6,8-10,13-14H,3H2,1H3. The highest BCUT2D eigenvalue weighted by Gasteiger charge is 2.38. The van der Waals surface area contributed by atoms with Gasteiger partial charge in [-0.15, -0.1) is 0 Å². The number of rotatable bonds is 2. The summed E-state index contributed by atoms with van der Waals surface area (Å²) in [5.74, 6) is -1.40. The van der Waals surface area contributed by atoms with Gasteiger partial charge >= 0.3 is 5.97 Å². The van der Waals surface area contributed by atoms with Gasteiger partial charge in [-0.25, -0.2) is 0 Å². The Morgan fingerprint density at radius 2 is 2.13 bits per heavy atom. The van der Waals surface area contributed by atoms with Crippen molar-refractivity contribution < 1.29 is 29.6 Å². The fourth-order valence-corrected chi connectivity index (χ4v) is 1.33. The van der Waals surface area contributed by atoms with Gasteiger partial charge in [0.1, 0.15) is 18.3 Å². The molecule has 84 valence electrons. The lowest BCUT2D eigenvalue weighted by Crippen LogP contribution is -2.48. The summed E-state index contributed by atoms with van der Waals surface area (Å²) in [5.41, 5.74) is -0.0703. The predicted molar refractivity (Wildman–Crippen MR) is 47.7 cm³/mol. The Balaban J connectivity index is 2.92. The molecule has 6 nitrogen and oxygen atoms in total. The second kappa shape index (κ2) is 4.52. The Labute approximate surface area is 85.8 Å². The van der Waals surface area contributed by atoms with E-state index in [0.717, 1.165) is 13.0 Å². The zero-order valence-corrected chi connectivity index (χ0v) is 8.08. The first kappa shape index (κ1) is 11.8. The maximum absolute atomic E-state index is 11.2. The van der Waals surface area contributed by atoms with E-state index >= 15 is 0 Å². The van der Waals surface area contributed by atoms with Crippen LogP contribution in [0.4, 0.5) is 0 Å². The van der Waals surface area contributed by atoms with E-state index < -0.39 is 36.7 Å². The Kier molecular flexibility index (Phi) is 3.57. The molecule has 0 bridgehead atoms. The van der Waals surface area contributed by atoms with Crippen LogP contribution in [-0.4, -0.2) is 52.0 Å². The van der Waals surface area contributed by atoms with Gasteiger partial charge in [0.2, 0.25) is 0 Å². The quantitative estimate of drug-likeness (QED) is 0.468. The second-order valence-corrected chi connectivity index (χ2v) is 3.22. The minimum atomic E-state index is -1.67. The molecule has 0 aliphatic heterocycles. The van der Waals surface area contributed by atoms with Crippen molar-refractivity contribution in [2.75, 3.05) is 6.61 Å². The van der Waals surface area contributed by atoms with Gasteiger partial charge in [0.15, 0.2) is 5.78 Å². The number of aliphatic hydroxyl groups excluding tert-OH is 3. The van der Waals surface area contributed by atoms with E-state index in [9.17, 15) is 19.8 Å². The third-order valence-corrected chi connectivity index (χ3v) is 2.08. The minimum Gasteiger partial charge on any atom is -0.455 e. The molecule has 0 radical (unpaired) electrons.